The van der Waals surface area contributed by atoms with Gasteiger partial charge in [0.2, 0.25) is 0 Å². The third-order valence-electron chi connectivity index (χ3n) is 1.98. The van der Waals surface area contributed by atoms with Gasteiger partial charge in [0.05, 0.1) is 0 Å². The summed E-state index contributed by atoms with van der Waals surface area (Å²) in [5, 5.41) is 0. The van der Waals surface area contributed by atoms with E-state index in [1.807, 2.05) is 20.8 Å². The number of rotatable bonds is 4. The van der Waals surface area contributed by atoms with Crippen molar-refractivity contribution in [2.24, 2.45) is 5.41 Å². The summed E-state index contributed by atoms with van der Waals surface area (Å²) in [4.78, 5) is 0. The van der Waals surface area contributed by atoms with Gasteiger partial charge >= 0.3 is 0 Å². The highest BCUT2D eigenvalue weighted by Crippen LogP contribution is 2.57. The van der Waals surface area contributed by atoms with Gasteiger partial charge in [0.1, 0.15) is 0 Å². The molecule has 1 nitrogen and oxygen atoms in total. The Kier molecular flexibility index (Phi) is 4.78. The van der Waals surface area contributed by atoms with E-state index in [1.54, 1.807) is 13.8 Å². The standard InChI is InChI=1S/C9H20F3NS/c1-6-13(14(10,11)12)8(2)7-9(3,4)5/h8H,6-7H2,1-5H3. The van der Waals surface area contributed by atoms with Crippen LogP contribution in [-0.2, 0) is 0 Å². The predicted molar refractivity (Wildman–Crippen MR) is 56.8 cm³/mol. The van der Waals surface area contributed by atoms with E-state index in [-0.39, 0.29) is 12.0 Å². The van der Waals surface area contributed by atoms with Crippen LogP contribution in [0.2, 0.25) is 0 Å². The molecule has 0 saturated carbocycles. The normalized spacial score (nSPS) is 17.2. The van der Waals surface area contributed by atoms with Crippen LogP contribution in [0.3, 0.4) is 0 Å². The van der Waals surface area contributed by atoms with Gasteiger partial charge in [-0.3, -0.25) is 0 Å². The van der Waals surface area contributed by atoms with Crippen molar-refractivity contribution in [3.8, 4) is 0 Å². The van der Waals surface area contributed by atoms with E-state index in [0.717, 1.165) is 0 Å². The van der Waals surface area contributed by atoms with E-state index in [4.69, 9.17) is 0 Å². The first kappa shape index (κ1) is 14.1. The Balaban J connectivity index is 4.41. The molecule has 0 aromatic heterocycles. The zero-order valence-corrected chi connectivity index (χ0v) is 10.3. The number of hydrogen-bond donors (Lipinski definition) is 0. The maximum atomic E-state index is 12.6. The molecule has 0 aliphatic rings. The fourth-order valence-electron chi connectivity index (χ4n) is 1.65. The molecule has 0 amide bonds. The summed E-state index contributed by atoms with van der Waals surface area (Å²) in [7, 11) is 0. The van der Waals surface area contributed by atoms with Crippen molar-refractivity contribution in [2.45, 2.75) is 47.1 Å². The van der Waals surface area contributed by atoms with E-state index >= 15 is 0 Å². The van der Waals surface area contributed by atoms with Gasteiger partial charge in [-0.2, -0.15) is 4.31 Å². The molecule has 0 spiro atoms. The van der Waals surface area contributed by atoms with E-state index in [0.29, 0.717) is 10.7 Å². The lowest BCUT2D eigenvalue weighted by Gasteiger charge is -2.34. The Morgan fingerprint density at radius 1 is 1.21 bits per heavy atom. The van der Waals surface area contributed by atoms with E-state index in [1.165, 1.54) is 0 Å². The Hall–Kier alpha value is 0.100. The van der Waals surface area contributed by atoms with Crippen LogP contribution in [0.15, 0.2) is 0 Å². The highest BCUT2D eigenvalue weighted by Gasteiger charge is 2.35. The molecular weight excluding hydrogens is 211 g/mol. The van der Waals surface area contributed by atoms with Crippen LogP contribution >= 0.6 is 11.4 Å². The fraction of sp³-hybridized carbons (Fsp3) is 1.00. The van der Waals surface area contributed by atoms with Crippen LogP contribution < -0.4 is 0 Å². The lowest BCUT2D eigenvalue weighted by atomic mass is 9.89. The van der Waals surface area contributed by atoms with Gasteiger partial charge in [-0.05, 0) is 18.8 Å². The number of hydrogen-bond acceptors (Lipinski definition) is 1. The molecule has 0 heterocycles. The molecule has 0 radical (unpaired) electrons. The second-order valence-corrected chi connectivity index (χ2v) is 5.96. The second kappa shape index (κ2) is 4.75. The van der Waals surface area contributed by atoms with Crippen molar-refractivity contribution in [1.29, 1.82) is 0 Å². The number of halogens is 3. The first-order chi connectivity index (χ1) is 6.08. The lowest BCUT2D eigenvalue weighted by Crippen LogP contribution is -2.33. The molecule has 14 heavy (non-hydrogen) atoms. The Morgan fingerprint density at radius 2 is 1.64 bits per heavy atom. The SMILES string of the molecule is CCN(C(C)CC(C)(C)C)S(F)(F)F. The summed E-state index contributed by atoms with van der Waals surface area (Å²) in [5.41, 5.74) is -0.0580. The minimum atomic E-state index is -5.05. The van der Waals surface area contributed by atoms with Crippen molar-refractivity contribution in [3.63, 3.8) is 0 Å². The zero-order chi connectivity index (χ0) is 11.6. The van der Waals surface area contributed by atoms with Gasteiger partial charge in [-0.1, -0.05) is 27.7 Å². The Morgan fingerprint density at radius 3 is 1.86 bits per heavy atom. The van der Waals surface area contributed by atoms with Gasteiger partial charge in [-0.15, -0.1) is 11.7 Å². The number of nitrogens with zero attached hydrogens (tertiary/aromatic N) is 1. The van der Waals surface area contributed by atoms with Gasteiger partial charge in [0, 0.05) is 12.6 Å². The van der Waals surface area contributed by atoms with Crippen molar-refractivity contribution in [2.75, 3.05) is 6.54 Å². The molecule has 0 aromatic rings. The molecule has 0 aliphatic heterocycles. The molecule has 0 N–H and O–H groups in total. The van der Waals surface area contributed by atoms with Crippen LogP contribution in [0, 0.1) is 5.41 Å². The van der Waals surface area contributed by atoms with Crippen LogP contribution in [0.4, 0.5) is 11.7 Å². The Bertz CT molecular complexity index is 174. The zero-order valence-electron chi connectivity index (χ0n) is 9.48. The summed E-state index contributed by atoms with van der Waals surface area (Å²) >= 11 is -5.05. The molecule has 0 saturated heterocycles. The molecule has 1 unspecified atom stereocenters. The van der Waals surface area contributed by atoms with Crippen LogP contribution in [0.25, 0.3) is 0 Å². The van der Waals surface area contributed by atoms with Gasteiger partial charge in [-0.25, -0.2) is 0 Å². The lowest BCUT2D eigenvalue weighted by molar-refractivity contribution is 0.239. The molecule has 0 rings (SSSR count). The average molecular weight is 231 g/mol. The fourth-order valence-corrected chi connectivity index (χ4v) is 2.43. The quantitative estimate of drug-likeness (QED) is 0.688. The van der Waals surface area contributed by atoms with Crippen molar-refractivity contribution in [1.82, 2.24) is 4.31 Å². The molecule has 88 valence electrons. The van der Waals surface area contributed by atoms with Gasteiger partial charge < -0.3 is 0 Å². The second-order valence-electron chi connectivity index (χ2n) is 4.73. The van der Waals surface area contributed by atoms with Gasteiger partial charge in [0.15, 0.2) is 0 Å². The molecule has 0 aromatic carbocycles. The van der Waals surface area contributed by atoms with Crippen molar-refractivity contribution < 1.29 is 11.7 Å². The molecular formula is C9H20F3NS. The Labute approximate surface area is 87.0 Å². The maximum Gasteiger partial charge on any atom is 0.278 e. The minimum Gasteiger partial charge on any atom is -0.190 e. The third kappa shape index (κ3) is 5.10. The first-order valence-corrected chi connectivity index (χ1v) is 6.06. The minimum absolute atomic E-state index is 0.0517. The highest BCUT2D eigenvalue weighted by atomic mass is 32.3. The topological polar surface area (TPSA) is 3.24 Å². The van der Waals surface area contributed by atoms with Crippen molar-refractivity contribution in [3.05, 3.63) is 0 Å². The molecule has 1 atom stereocenters. The highest BCUT2D eigenvalue weighted by molar-refractivity contribution is 8.18. The average Bonchev–Trinajstić information content (AvgIpc) is 1.79. The predicted octanol–water partition coefficient (Wildman–Crippen LogP) is 4.51. The van der Waals surface area contributed by atoms with Crippen LogP contribution in [0.1, 0.15) is 41.0 Å². The maximum absolute atomic E-state index is 12.6. The summed E-state index contributed by atoms with van der Waals surface area (Å²) in [5.74, 6) is 0. The molecule has 0 fully saturated rings. The van der Waals surface area contributed by atoms with Crippen LogP contribution in [0.5, 0.6) is 0 Å². The van der Waals surface area contributed by atoms with Crippen molar-refractivity contribution >= 4 is 11.4 Å². The smallest absolute Gasteiger partial charge is 0.190 e. The van der Waals surface area contributed by atoms with E-state index < -0.39 is 17.4 Å². The largest absolute Gasteiger partial charge is 0.278 e. The summed E-state index contributed by atoms with van der Waals surface area (Å²) in [6.07, 6.45) is 0.563. The van der Waals surface area contributed by atoms with E-state index in [9.17, 15) is 11.7 Å². The molecule has 0 bridgehead atoms. The van der Waals surface area contributed by atoms with Crippen LogP contribution in [-0.4, -0.2) is 16.9 Å². The molecule has 0 aliphatic carbocycles. The van der Waals surface area contributed by atoms with Gasteiger partial charge in [0.25, 0.3) is 11.4 Å². The monoisotopic (exact) mass is 231 g/mol. The molecule has 5 heteroatoms. The first-order valence-electron chi connectivity index (χ1n) is 4.77. The summed E-state index contributed by atoms with van der Waals surface area (Å²) < 4.78 is 38.3. The summed E-state index contributed by atoms with van der Waals surface area (Å²) in [6.45, 7) is 9.14. The third-order valence-corrected chi connectivity index (χ3v) is 3.13. The summed E-state index contributed by atoms with van der Waals surface area (Å²) in [6, 6.07) is -0.421. The van der Waals surface area contributed by atoms with E-state index in [2.05, 4.69) is 0 Å².